The van der Waals surface area contributed by atoms with Gasteiger partial charge < -0.3 is 0 Å². The van der Waals surface area contributed by atoms with Crippen LogP contribution in [-0.2, 0) is 11.3 Å². The van der Waals surface area contributed by atoms with Crippen LogP contribution in [-0.4, -0.2) is 26.4 Å². The topological polar surface area (TPSA) is 59.8 Å². The van der Waals surface area contributed by atoms with Crippen molar-refractivity contribution in [1.29, 1.82) is 0 Å². The molecule has 0 saturated carbocycles. The van der Waals surface area contributed by atoms with Crippen LogP contribution in [0.4, 0.5) is 5.95 Å². The first-order chi connectivity index (χ1) is 6.27. The largest absolute Gasteiger partial charge is 0.295 e. The fourth-order valence-corrected chi connectivity index (χ4v) is 2.12. The van der Waals surface area contributed by atoms with Crippen LogP contribution in [0.1, 0.15) is 13.3 Å². The van der Waals surface area contributed by atoms with Gasteiger partial charge in [-0.2, -0.15) is 0 Å². The van der Waals surface area contributed by atoms with Gasteiger partial charge in [0, 0.05) is 19.2 Å². The van der Waals surface area contributed by atoms with E-state index in [0.717, 1.165) is 23.9 Å². The second-order valence-electron chi connectivity index (χ2n) is 2.84. The minimum absolute atomic E-state index is 0.106. The zero-order valence-electron chi connectivity index (χ0n) is 7.28. The number of nitrogens with zero attached hydrogens (tertiary/aromatic N) is 3. The molecule has 70 valence electrons. The molecule has 0 fully saturated rings. The van der Waals surface area contributed by atoms with Crippen molar-refractivity contribution in [3.63, 3.8) is 0 Å². The highest BCUT2D eigenvalue weighted by Gasteiger charge is 2.16. The van der Waals surface area contributed by atoms with Crippen LogP contribution >= 0.6 is 11.8 Å². The predicted molar refractivity (Wildman–Crippen MR) is 49.7 cm³/mol. The molecule has 1 aromatic rings. The summed E-state index contributed by atoms with van der Waals surface area (Å²) in [6, 6.07) is 0. The van der Waals surface area contributed by atoms with Gasteiger partial charge in [0.15, 0.2) is 5.16 Å². The number of thioether (sulfide) groups is 1. The van der Waals surface area contributed by atoms with Crippen molar-refractivity contribution >= 4 is 23.6 Å². The number of fused-ring (bicyclic) bond motifs is 1. The third kappa shape index (κ3) is 1.67. The molecule has 2 heterocycles. The van der Waals surface area contributed by atoms with Crippen molar-refractivity contribution in [1.82, 2.24) is 14.8 Å². The van der Waals surface area contributed by atoms with Gasteiger partial charge in [-0.15, -0.1) is 10.2 Å². The van der Waals surface area contributed by atoms with E-state index >= 15 is 0 Å². The van der Waals surface area contributed by atoms with Gasteiger partial charge in [0.25, 0.3) is 0 Å². The lowest BCUT2D eigenvalue weighted by Crippen LogP contribution is -2.14. The van der Waals surface area contributed by atoms with Crippen molar-refractivity contribution < 1.29 is 4.79 Å². The molecular formula is C7H10N4OS. The fraction of sp³-hybridized carbons (Fsp3) is 0.571. The third-order valence-electron chi connectivity index (χ3n) is 1.76. The first-order valence-electron chi connectivity index (χ1n) is 4.11. The first-order valence-corrected chi connectivity index (χ1v) is 5.09. The average molecular weight is 198 g/mol. The molecule has 1 N–H and O–H groups in total. The maximum Gasteiger partial charge on any atom is 0.231 e. The molecule has 1 aliphatic heterocycles. The Morgan fingerprint density at radius 1 is 1.62 bits per heavy atom. The number of carbonyl (C=O) groups is 1. The molecule has 0 spiro atoms. The van der Waals surface area contributed by atoms with E-state index in [-0.39, 0.29) is 5.91 Å². The van der Waals surface area contributed by atoms with E-state index < -0.39 is 0 Å². The van der Waals surface area contributed by atoms with Crippen molar-refractivity contribution in [3.8, 4) is 0 Å². The lowest BCUT2D eigenvalue weighted by Gasteiger charge is -2.13. The van der Waals surface area contributed by atoms with Gasteiger partial charge in [0.05, 0.1) is 0 Å². The summed E-state index contributed by atoms with van der Waals surface area (Å²) in [7, 11) is 0. The van der Waals surface area contributed by atoms with Crippen molar-refractivity contribution in [2.75, 3.05) is 11.1 Å². The number of hydrogen-bond donors (Lipinski definition) is 1. The number of rotatable bonds is 1. The van der Waals surface area contributed by atoms with Gasteiger partial charge in [-0.05, 0) is 6.42 Å². The molecular weight excluding hydrogens is 188 g/mol. The van der Waals surface area contributed by atoms with Gasteiger partial charge >= 0.3 is 0 Å². The maximum atomic E-state index is 10.8. The van der Waals surface area contributed by atoms with Crippen LogP contribution in [0, 0.1) is 0 Å². The summed E-state index contributed by atoms with van der Waals surface area (Å²) < 4.78 is 1.94. The minimum Gasteiger partial charge on any atom is -0.295 e. The Hall–Kier alpha value is -1.04. The molecule has 5 nitrogen and oxygen atoms in total. The number of nitrogens with one attached hydrogen (secondary N) is 1. The Labute approximate surface area is 79.9 Å². The van der Waals surface area contributed by atoms with Crippen LogP contribution in [0.3, 0.4) is 0 Å². The molecule has 0 atom stereocenters. The second-order valence-corrected chi connectivity index (χ2v) is 3.90. The number of anilines is 1. The second kappa shape index (κ2) is 3.37. The normalized spacial score (nSPS) is 15.2. The van der Waals surface area contributed by atoms with Gasteiger partial charge in [-0.1, -0.05) is 11.8 Å². The molecule has 6 heteroatoms. The van der Waals surface area contributed by atoms with E-state index in [0.29, 0.717) is 5.95 Å². The third-order valence-corrected chi connectivity index (χ3v) is 2.81. The molecule has 0 aromatic carbocycles. The van der Waals surface area contributed by atoms with E-state index in [9.17, 15) is 4.79 Å². The maximum absolute atomic E-state index is 10.8. The molecule has 2 rings (SSSR count). The molecule has 0 bridgehead atoms. The van der Waals surface area contributed by atoms with E-state index in [1.54, 1.807) is 11.8 Å². The highest BCUT2D eigenvalue weighted by molar-refractivity contribution is 7.99. The van der Waals surface area contributed by atoms with Gasteiger partial charge in [0.2, 0.25) is 11.9 Å². The minimum atomic E-state index is -0.106. The van der Waals surface area contributed by atoms with E-state index in [1.807, 2.05) is 4.57 Å². The van der Waals surface area contributed by atoms with Crippen molar-refractivity contribution in [2.45, 2.75) is 25.0 Å². The molecule has 0 aliphatic carbocycles. The first kappa shape index (κ1) is 8.55. The van der Waals surface area contributed by atoms with E-state index in [1.165, 1.54) is 6.92 Å². The molecule has 13 heavy (non-hydrogen) atoms. The predicted octanol–water partition coefficient (Wildman–Crippen LogP) is 0.732. The Morgan fingerprint density at radius 2 is 2.46 bits per heavy atom. The summed E-state index contributed by atoms with van der Waals surface area (Å²) in [5.41, 5.74) is 0. The molecule has 0 unspecified atom stereocenters. The average Bonchev–Trinajstić information content (AvgIpc) is 2.48. The monoisotopic (exact) mass is 198 g/mol. The standard InChI is InChI=1S/C7H10N4OS/c1-5(12)8-6-9-10-7-11(6)3-2-4-13-7/h2-4H2,1H3,(H,8,9,12). The highest BCUT2D eigenvalue weighted by Crippen LogP contribution is 2.25. The quantitative estimate of drug-likeness (QED) is 0.722. The summed E-state index contributed by atoms with van der Waals surface area (Å²) in [5.74, 6) is 1.54. The molecule has 0 radical (unpaired) electrons. The molecule has 0 saturated heterocycles. The van der Waals surface area contributed by atoms with Crippen LogP contribution < -0.4 is 5.32 Å². The summed E-state index contributed by atoms with van der Waals surface area (Å²) in [6.45, 7) is 2.36. The number of amides is 1. The van der Waals surface area contributed by atoms with Crippen molar-refractivity contribution in [2.24, 2.45) is 0 Å². The number of aromatic nitrogens is 3. The zero-order chi connectivity index (χ0) is 9.26. The Kier molecular flexibility index (Phi) is 2.22. The lowest BCUT2D eigenvalue weighted by molar-refractivity contribution is -0.114. The van der Waals surface area contributed by atoms with Crippen LogP contribution in [0.25, 0.3) is 0 Å². The van der Waals surface area contributed by atoms with Crippen LogP contribution in [0.2, 0.25) is 0 Å². The van der Waals surface area contributed by atoms with Crippen LogP contribution in [0.15, 0.2) is 5.16 Å². The summed E-state index contributed by atoms with van der Waals surface area (Å²) >= 11 is 1.67. The SMILES string of the molecule is CC(=O)Nc1nnc2n1CCCS2. The summed E-state index contributed by atoms with van der Waals surface area (Å²) in [6.07, 6.45) is 1.10. The molecule has 1 aliphatic rings. The smallest absolute Gasteiger partial charge is 0.231 e. The summed E-state index contributed by atoms with van der Waals surface area (Å²) in [4.78, 5) is 10.8. The van der Waals surface area contributed by atoms with Crippen molar-refractivity contribution in [3.05, 3.63) is 0 Å². The molecule has 1 aromatic heterocycles. The molecule has 1 amide bonds. The summed E-state index contributed by atoms with van der Waals surface area (Å²) in [5, 5.41) is 11.4. The van der Waals surface area contributed by atoms with Gasteiger partial charge in [-0.25, -0.2) is 0 Å². The Morgan fingerprint density at radius 3 is 3.23 bits per heavy atom. The number of carbonyl (C=O) groups excluding carboxylic acids is 1. The number of hydrogen-bond acceptors (Lipinski definition) is 4. The lowest BCUT2D eigenvalue weighted by atomic mass is 10.5. The van der Waals surface area contributed by atoms with E-state index in [2.05, 4.69) is 15.5 Å². The Bertz CT molecular complexity index is 335. The van der Waals surface area contributed by atoms with E-state index in [4.69, 9.17) is 0 Å². The fourth-order valence-electron chi connectivity index (χ4n) is 1.23. The highest BCUT2D eigenvalue weighted by atomic mass is 32.2. The Balaban J connectivity index is 2.26. The van der Waals surface area contributed by atoms with Gasteiger partial charge in [0.1, 0.15) is 0 Å². The van der Waals surface area contributed by atoms with Gasteiger partial charge in [-0.3, -0.25) is 14.7 Å². The zero-order valence-corrected chi connectivity index (χ0v) is 8.10. The van der Waals surface area contributed by atoms with Crippen LogP contribution in [0.5, 0.6) is 0 Å².